The third kappa shape index (κ3) is 8.65. The summed E-state index contributed by atoms with van der Waals surface area (Å²) < 4.78 is 44.4. The monoisotopic (exact) mass is 447 g/mol. The van der Waals surface area contributed by atoms with E-state index in [1.807, 2.05) is 27.7 Å². The lowest BCUT2D eigenvalue weighted by molar-refractivity contribution is -0.185. The zero-order chi connectivity index (χ0) is 24.2. The lowest BCUT2D eigenvalue weighted by Gasteiger charge is -2.39. The summed E-state index contributed by atoms with van der Waals surface area (Å²) in [6, 6.07) is 0. The Kier molecular flexibility index (Phi) is 8.92. The summed E-state index contributed by atoms with van der Waals surface area (Å²) in [5, 5.41) is 0. The minimum Gasteiger partial charge on any atom is -0.449 e. The molecule has 0 saturated heterocycles. The quantitative estimate of drug-likeness (QED) is 0.360. The van der Waals surface area contributed by atoms with Gasteiger partial charge in [0, 0.05) is 17.5 Å². The minimum atomic E-state index is -4.75. The number of hydrogen-bond donors (Lipinski definition) is 0. The average molecular weight is 448 g/mol. The van der Waals surface area contributed by atoms with Gasteiger partial charge < -0.3 is 4.74 Å². The SMILES string of the molecule is C=C(C)C(=O)OC(CC(F)(F)F)C(=O)N(C(=O)CC(C)CC(C)(C)C)C1(C)CCCC1. The van der Waals surface area contributed by atoms with Gasteiger partial charge in [0.15, 0.2) is 6.10 Å². The van der Waals surface area contributed by atoms with E-state index in [-0.39, 0.29) is 23.3 Å². The number of amides is 2. The van der Waals surface area contributed by atoms with Gasteiger partial charge in [-0.25, -0.2) is 4.79 Å². The van der Waals surface area contributed by atoms with Crippen molar-refractivity contribution in [2.45, 2.75) is 104 Å². The molecule has 0 aliphatic heterocycles. The van der Waals surface area contributed by atoms with E-state index >= 15 is 0 Å². The molecule has 5 nitrogen and oxygen atoms in total. The molecule has 0 aromatic heterocycles. The van der Waals surface area contributed by atoms with Crippen LogP contribution in [0.1, 0.15) is 86.5 Å². The second kappa shape index (κ2) is 10.2. The lowest BCUT2D eigenvalue weighted by atomic mass is 9.83. The predicted molar refractivity (Wildman–Crippen MR) is 112 cm³/mol. The largest absolute Gasteiger partial charge is 0.449 e. The topological polar surface area (TPSA) is 63.7 Å². The maximum Gasteiger partial charge on any atom is 0.393 e. The maximum atomic E-state index is 13.3. The molecule has 0 aromatic carbocycles. The van der Waals surface area contributed by atoms with Crippen LogP contribution in [0.25, 0.3) is 0 Å². The van der Waals surface area contributed by atoms with Gasteiger partial charge >= 0.3 is 12.1 Å². The van der Waals surface area contributed by atoms with Crippen molar-refractivity contribution in [2.24, 2.45) is 11.3 Å². The molecule has 178 valence electrons. The van der Waals surface area contributed by atoms with Crippen LogP contribution in [0.2, 0.25) is 0 Å². The van der Waals surface area contributed by atoms with Crippen LogP contribution in [-0.4, -0.2) is 40.5 Å². The smallest absolute Gasteiger partial charge is 0.393 e. The highest BCUT2D eigenvalue weighted by molar-refractivity contribution is 6.00. The predicted octanol–water partition coefficient (Wildman–Crippen LogP) is 5.58. The minimum absolute atomic E-state index is 0.0335. The molecule has 0 heterocycles. The third-order valence-electron chi connectivity index (χ3n) is 5.46. The van der Waals surface area contributed by atoms with Crippen LogP contribution in [0.4, 0.5) is 13.2 Å². The first kappa shape index (κ1) is 27.2. The van der Waals surface area contributed by atoms with Gasteiger partial charge in [0.25, 0.3) is 5.91 Å². The van der Waals surface area contributed by atoms with Crippen molar-refractivity contribution in [3.63, 3.8) is 0 Å². The van der Waals surface area contributed by atoms with Gasteiger partial charge in [-0.1, -0.05) is 47.1 Å². The number of halogens is 3. The van der Waals surface area contributed by atoms with Crippen LogP contribution >= 0.6 is 0 Å². The van der Waals surface area contributed by atoms with Crippen molar-refractivity contribution in [3.8, 4) is 0 Å². The van der Waals surface area contributed by atoms with Gasteiger partial charge in [-0.3, -0.25) is 14.5 Å². The van der Waals surface area contributed by atoms with Crippen LogP contribution in [-0.2, 0) is 19.1 Å². The Hall–Kier alpha value is -1.86. The molecular formula is C23H36F3NO4. The first-order chi connectivity index (χ1) is 13.9. The van der Waals surface area contributed by atoms with Crippen molar-refractivity contribution in [3.05, 3.63) is 12.2 Å². The molecule has 1 rings (SSSR count). The molecule has 31 heavy (non-hydrogen) atoms. The standard InChI is InChI=1S/C23H36F3NO4/c1-15(2)20(30)31-17(14-23(24,25)26)19(29)27(22(7)10-8-9-11-22)18(28)12-16(3)13-21(4,5)6/h16-17H,1,8-14H2,2-7H3. The molecule has 1 aliphatic rings. The first-order valence-electron chi connectivity index (χ1n) is 10.8. The fraction of sp³-hybridized carbons (Fsp3) is 0.783. The van der Waals surface area contributed by atoms with E-state index in [4.69, 9.17) is 4.74 Å². The van der Waals surface area contributed by atoms with Crippen LogP contribution in [0.3, 0.4) is 0 Å². The molecule has 2 unspecified atom stereocenters. The zero-order valence-corrected chi connectivity index (χ0v) is 19.5. The van der Waals surface area contributed by atoms with E-state index in [0.29, 0.717) is 19.3 Å². The van der Waals surface area contributed by atoms with E-state index in [1.54, 1.807) is 6.92 Å². The number of carbonyl (C=O) groups excluding carboxylic acids is 3. The second-order valence-electron chi connectivity index (χ2n) is 10.3. The van der Waals surface area contributed by atoms with E-state index < -0.39 is 42.0 Å². The van der Waals surface area contributed by atoms with Gasteiger partial charge in [-0.2, -0.15) is 13.2 Å². The first-order valence-corrected chi connectivity index (χ1v) is 10.8. The Labute approximate surface area is 183 Å². The maximum absolute atomic E-state index is 13.3. The Morgan fingerprint density at radius 3 is 2.03 bits per heavy atom. The summed E-state index contributed by atoms with van der Waals surface area (Å²) in [4.78, 5) is 39.4. The molecule has 1 saturated carbocycles. The van der Waals surface area contributed by atoms with Gasteiger partial charge in [0.05, 0.1) is 6.42 Å². The van der Waals surface area contributed by atoms with Crippen LogP contribution in [0, 0.1) is 11.3 Å². The summed E-state index contributed by atoms with van der Waals surface area (Å²) in [7, 11) is 0. The molecule has 2 atom stereocenters. The van der Waals surface area contributed by atoms with Crippen molar-refractivity contribution < 1.29 is 32.3 Å². The summed E-state index contributed by atoms with van der Waals surface area (Å²) in [5.41, 5.74) is -1.06. The number of ether oxygens (including phenoxy) is 1. The van der Waals surface area contributed by atoms with Gasteiger partial charge in [0.1, 0.15) is 0 Å². The summed E-state index contributed by atoms with van der Waals surface area (Å²) in [6.45, 7) is 14.3. The molecule has 0 spiro atoms. The number of nitrogens with zero attached hydrogens (tertiary/aromatic N) is 1. The zero-order valence-electron chi connectivity index (χ0n) is 19.5. The van der Waals surface area contributed by atoms with Crippen LogP contribution in [0.5, 0.6) is 0 Å². The van der Waals surface area contributed by atoms with Crippen molar-refractivity contribution in [2.75, 3.05) is 0 Å². The highest BCUT2D eigenvalue weighted by Gasteiger charge is 2.47. The number of hydrogen-bond acceptors (Lipinski definition) is 4. The molecule has 8 heteroatoms. The van der Waals surface area contributed by atoms with E-state index in [1.165, 1.54) is 6.92 Å². The van der Waals surface area contributed by atoms with Gasteiger partial charge in [-0.05, 0) is 44.4 Å². The summed E-state index contributed by atoms with van der Waals surface area (Å²) in [6.07, 6.45) is -5.23. The Balaban J connectivity index is 3.24. The van der Waals surface area contributed by atoms with Gasteiger partial charge in [0.2, 0.25) is 5.91 Å². The number of esters is 1. The van der Waals surface area contributed by atoms with Crippen LogP contribution in [0.15, 0.2) is 12.2 Å². The normalized spacial score (nSPS) is 18.2. The molecule has 0 aromatic rings. The highest BCUT2D eigenvalue weighted by atomic mass is 19.4. The fourth-order valence-electron chi connectivity index (χ4n) is 4.32. The molecule has 0 N–H and O–H groups in total. The van der Waals surface area contributed by atoms with Crippen LogP contribution < -0.4 is 0 Å². The van der Waals surface area contributed by atoms with Gasteiger partial charge in [-0.15, -0.1) is 0 Å². The summed E-state index contributed by atoms with van der Waals surface area (Å²) >= 11 is 0. The molecule has 1 aliphatic carbocycles. The molecule has 2 amide bonds. The highest BCUT2D eigenvalue weighted by Crippen LogP contribution is 2.38. The Morgan fingerprint density at radius 2 is 1.61 bits per heavy atom. The molecular weight excluding hydrogens is 411 g/mol. The number of carbonyl (C=O) groups is 3. The fourth-order valence-corrected chi connectivity index (χ4v) is 4.32. The molecule has 0 bridgehead atoms. The Morgan fingerprint density at radius 1 is 1.10 bits per heavy atom. The van der Waals surface area contributed by atoms with Crippen molar-refractivity contribution >= 4 is 17.8 Å². The summed E-state index contributed by atoms with van der Waals surface area (Å²) in [5.74, 6) is -2.78. The third-order valence-corrected chi connectivity index (χ3v) is 5.46. The lowest BCUT2D eigenvalue weighted by Crippen LogP contribution is -2.56. The van der Waals surface area contributed by atoms with Crippen molar-refractivity contribution in [1.82, 2.24) is 4.90 Å². The van der Waals surface area contributed by atoms with Crippen molar-refractivity contribution in [1.29, 1.82) is 0 Å². The number of imide groups is 1. The average Bonchev–Trinajstić information content (AvgIpc) is 2.97. The Bertz CT molecular complexity index is 688. The van der Waals surface area contributed by atoms with E-state index in [9.17, 15) is 27.6 Å². The van der Waals surface area contributed by atoms with E-state index in [2.05, 4.69) is 6.58 Å². The molecule has 1 fully saturated rings. The van der Waals surface area contributed by atoms with E-state index in [0.717, 1.165) is 17.7 Å². The number of rotatable bonds is 8. The number of alkyl halides is 3. The second-order valence-corrected chi connectivity index (χ2v) is 10.3. The molecule has 0 radical (unpaired) electrons.